The normalized spacial score (nSPS) is 14.6. The maximum absolute atomic E-state index is 13.1. The molecule has 152 valence electrons. The summed E-state index contributed by atoms with van der Waals surface area (Å²) in [5.41, 5.74) is 2.18. The number of carbonyl (C=O) groups excluding carboxylic acids is 1. The van der Waals surface area contributed by atoms with Gasteiger partial charge in [-0.1, -0.05) is 24.3 Å². The van der Waals surface area contributed by atoms with Crippen LogP contribution in [0.3, 0.4) is 0 Å². The van der Waals surface area contributed by atoms with Crippen molar-refractivity contribution in [2.75, 3.05) is 40.0 Å². The molecule has 28 heavy (non-hydrogen) atoms. The van der Waals surface area contributed by atoms with Crippen molar-refractivity contribution in [1.29, 1.82) is 0 Å². The van der Waals surface area contributed by atoms with E-state index in [-0.39, 0.29) is 9.77 Å². The van der Waals surface area contributed by atoms with E-state index in [4.69, 9.17) is 9.47 Å². The smallest absolute Gasteiger partial charge is 0.262 e. The third kappa shape index (κ3) is 4.79. The van der Waals surface area contributed by atoms with Gasteiger partial charge in [-0.15, -0.1) is 11.3 Å². The lowest BCUT2D eigenvalue weighted by Gasteiger charge is -2.28. The van der Waals surface area contributed by atoms with E-state index >= 15 is 0 Å². The van der Waals surface area contributed by atoms with Gasteiger partial charge < -0.3 is 14.8 Å². The van der Waals surface area contributed by atoms with E-state index in [1.165, 1.54) is 15.9 Å². The van der Waals surface area contributed by atoms with E-state index in [1.54, 1.807) is 12.5 Å². The monoisotopic (exact) mass is 424 g/mol. The molecule has 0 atom stereocenters. The van der Waals surface area contributed by atoms with Gasteiger partial charge >= 0.3 is 0 Å². The summed E-state index contributed by atoms with van der Waals surface area (Å²) in [5.74, 6) is -0.402. The number of amides is 1. The van der Waals surface area contributed by atoms with Gasteiger partial charge in [0.25, 0.3) is 5.91 Å². The van der Waals surface area contributed by atoms with Crippen molar-refractivity contribution < 1.29 is 22.7 Å². The first-order valence-electron chi connectivity index (χ1n) is 9.03. The Morgan fingerprint density at radius 1 is 1.18 bits per heavy atom. The molecule has 0 saturated carbocycles. The van der Waals surface area contributed by atoms with E-state index in [0.29, 0.717) is 45.9 Å². The van der Waals surface area contributed by atoms with Crippen LogP contribution in [0.25, 0.3) is 0 Å². The fourth-order valence-electron chi connectivity index (χ4n) is 3.04. The zero-order chi connectivity index (χ0) is 20.0. The maximum Gasteiger partial charge on any atom is 0.262 e. The summed E-state index contributed by atoms with van der Waals surface area (Å²) >= 11 is 1.13. The number of carbonyl (C=O) groups is 1. The fourth-order valence-corrected chi connectivity index (χ4v) is 5.78. The average molecular weight is 425 g/mol. The van der Waals surface area contributed by atoms with Crippen molar-refractivity contribution in [3.63, 3.8) is 0 Å². The van der Waals surface area contributed by atoms with Gasteiger partial charge in [-0.3, -0.25) is 4.79 Å². The molecule has 7 nitrogen and oxygen atoms in total. The van der Waals surface area contributed by atoms with Gasteiger partial charge in [0.2, 0.25) is 10.0 Å². The number of methoxy groups -OCH3 is 1. The molecule has 0 spiro atoms. The van der Waals surface area contributed by atoms with Crippen LogP contribution in [-0.2, 0) is 32.5 Å². The first kappa shape index (κ1) is 20.9. The second-order valence-corrected chi connectivity index (χ2v) is 9.15. The van der Waals surface area contributed by atoms with Crippen LogP contribution < -0.4 is 5.32 Å². The van der Waals surface area contributed by atoms with E-state index in [0.717, 1.165) is 16.9 Å². The van der Waals surface area contributed by atoms with Crippen LogP contribution in [0, 0.1) is 0 Å². The van der Waals surface area contributed by atoms with Crippen molar-refractivity contribution in [2.45, 2.75) is 17.9 Å². The Morgan fingerprint density at radius 3 is 2.75 bits per heavy atom. The number of sulfonamides is 1. The summed E-state index contributed by atoms with van der Waals surface area (Å²) in [6.07, 6.45) is 0.667. The molecule has 0 saturated heterocycles. The molecule has 9 heteroatoms. The van der Waals surface area contributed by atoms with Crippen LogP contribution in [0.15, 0.2) is 40.6 Å². The average Bonchev–Trinajstić information content (AvgIpc) is 3.21. The van der Waals surface area contributed by atoms with E-state index in [9.17, 15) is 13.2 Å². The van der Waals surface area contributed by atoms with E-state index in [2.05, 4.69) is 5.32 Å². The molecule has 1 amide bonds. The number of rotatable bonds is 9. The van der Waals surface area contributed by atoms with E-state index in [1.807, 2.05) is 24.3 Å². The summed E-state index contributed by atoms with van der Waals surface area (Å²) < 4.78 is 37.9. The molecule has 2 heterocycles. The number of fused-ring (bicyclic) bond motifs is 1. The Hall–Kier alpha value is -1.78. The van der Waals surface area contributed by atoms with Crippen molar-refractivity contribution >= 4 is 27.3 Å². The number of nitrogens with zero attached hydrogens (tertiary/aromatic N) is 1. The molecule has 1 N–H and O–H groups in total. The highest BCUT2D eigenvalue weighted by Crippen LogP contribution is 2.29. The first-order chi connectivity index (χ1) is 13.5. The van der Waals surface area contributed by atoms with Gasteiger partial charge in [-0.05, 0) is 29.0 Å². The lowest BCUT2D eigenvalue weighted by Crippen LogP contribution is -2.37. The lowest BCUT2D eigenvalue weighted by molar-refractivity contribution is 0.0693. The third-order valence-corrected chi connectivity index (χ3v) is 7.44. The highest BCUT2D eigenvalue weighted by Gasteiger charge is 2.32. The fraction of sp³-hybridized carbons (Fsp3) is 0.421. The van der Waals surface area contributed by atoms with Crippen molar-refractivity contribution in [3.05, 3.63) is 51.7 Å². The highest BCUT2D eigenvalue weighted by atomic mass is 32.2. The van der Waals surface area contributed by atoms with Gasteiger partial charge in [0.15, 0.2) is 0 Å². The molecule has 1 aromatic carbocycles. The first-order valence-corrected chi connectivity index (χ1v) is 11.4. The van der Waals surface area contributed by atoms with E-state index < -0.39 is 15.9 Å². The van der Waals surface area contributed by atoms with Crippen LogP contribution >= 0.6 is 11.3 Å². The molecule has 0 radical (unpaired) electrons. The molecule has 0 aliphatic carbocycles. The quantitative estimate of drug-likeness (QED) is 0.622. The van der Waals surface area contributed by atoms with Gasteiger partial charge in [-0.25, -0.2) is 8.42 Å². The minimum atomic E-state index is -3.74. The minimum Gasteiger partial charge on any atom is -0.382 e. The van der Waals surface area contributed by atoms with Crippen LogP contribution in [0.4, 0.5) is 0 Å². The van der Waals surface area contributed by atoms with Crippen LogP contribution in [-0.4, -0.2) is 58.7 Å². The molecule has 3 rings (SSSR count). The van der Waals surface area contributed by atoms with Crippen LogP contribution in [0.5, 0.6) is 0 Å². The Kier molecular flexibility index (Phi) is 7.19. The van der Waals surface area contributed by atoms with Gasteiger partial charge in [-0.2, -0.15) is 4.31 Å². The molecule has 1 aliphatic heterocycles. The number of hydrogen-bond acceptors (Lipinski definition) is 6. The van der Waals surface area contributed by atoms with Crippen LogP contribution in [0.1, 0.15) is 20.8 Å². The topological polar surface area (TPSA) is 84.9 Å². The summed E-state index contributed by atoms with van der Waals surface area (Å²) in [6, 6.07) is 9.35. The van der Waals surface area contributed by atoms with Gasteiger partial charge in [0.05, 0.1) is 19.8 Å². The van der Waals surface area contributed by atoms with Crippen molar-refractivity contribution in [2.24, 2.45) is 0 Å². The summed E-state index contributed by atoms with van der Waals surface area (Å²) in [7, 11) is -2.16. The number of benzene rings is 1. The molecule has 1 aliphatic rings. The molecule has 0 fully saturated rings. The van der Waals surface area contributed by atoms with Crippen molar-refractivity contribution in [3.8, 4) is 0 Å². The number of thiophene rings is 1. The van der Waals surface area contributed by atoms with Crippen molar-refractivity contribution in [1.82, 2.24) is 9.62 Å². The zero-order valence-corrected chi connectivity index (χ0v) is 17.4. The standard InChI is InChI=1S/C19H24N2O5S2/c1-25-11-12-26-10-8-20-19(22)18-17(7-13-27-18)28(23,24)21-9-6-15-4-2-3-5-16(15)14-21/h2-5,7,13H,6,8-12,14H2,1H3,(H,20,22). The Bertz CT molecular complexity index is 911. The molecule has 2 aromatic rings. The second-order valence-electron chi connectivity index (χ2n) is 6.33. The summed E-state index contributed by atoms with van der Waals surface area (Å²) in [4.78, 5) is 12.7. The maximum atomic E-state index is 13.1. The summed E-state index contributed by atoms with van der Waals surface area (Å²) in [5, 5.41) is 4.35. The Labute approximate surface area is 169 Å². The number of hydrogen-bond donors (Lipinski definition) is 1. The molecule has 0 bridgehead atoms. The lowest BCUT2D eigenvalue weighted by atomic mass is 10.0. The molecule has 0 unspecified atom stereocenters. The SMILES string of the molecule is COCCOCCNC(=O)c1sccc1S(=O)(=O)N1CCc2ccccc2C1. The molecule has 1 aromatic heterocycles. The predicted molar refractivity (Wildman–Crippen MR) is 107 cm³/mol. The van der Waals surface area contributed by atoms with Gasteiger partial charge in [0.1, 0.15) is 9.77 Å². The number of ether oxygens (including phenoxy) is 2. The predicted octanol–water partition coefficient (Wildman–Crippen LogP) is 1.89. The largest absolute Gasteiger partial charge is 0.382 e. The third-order valence-electron chi connectivity index (χ3n) is 4.51. The Morgan fingerprint density at radius 2 is 1.96 bits per heavy atom. The van der Waals surface area contributed by atoms with Crippen LogP contribution in [0.2, 0.25) is 0 Å². The highest BCUT2D eigenvalue weighted by molar-refractivity contribution is 7.89. The second kappa shape index (κ2) is 9.62. The summed E-state index contributed by atoms with van der Waals surface area (Å²) in [6.45, 7) is 2.30. The molecular formula is C19H24N2O5S2. The minimum absolute atomic E-state index is 0.0645. The van der Waals surface area contributed by atoms with Gasteiger partial charge in [0, 0.05) is 26.7 Å². The molecular weight excluding hydrogens is 400 g/mol. The zero-order valence-electron chi connectivity index (χ0n) is 15.7. The Balaban J connectivity index is 1.66. The number of nitrogens with one attached hydrogen (secondary N) is 1.